The summed E-state index contributed by atoms with van der Waals surface area (Å²) in [5.74, 6) is -6.96. The van der Waals surface area contributed by atoms with Crippen LogP contribution in [0, 0.1) is 11.3 Å². The molecule has 1 N–H and O–H groups in total. The normalized spacial score (nSPS) is 19.6. The Morgan fingerprint density at radius 3 is 2.06 bits per heavy atom. The molecule has 9 heteroatoms. The first-order valence-corrected chi connectivity index (χ1v) is 10.9. The highest BCUT2D eigenvalue weighted by molar-refractivity contribution is 8.00. The molecule has 1 amide bonds. The number of hydrogen-bond acceptors (Lipinski definition) is 4. The van der Waals surface area contributed by atoms with Crippen molar-refractivity contribution in [2.75, 3.05) is 6.61 Å². The average Bonchev–Trinajstić information content (AvgIpc) is 3.09. The summed E-state index contributed by atoms with van der Waals surface area (Å²) in [6.07, 6.45) is -3.25. The van der Waals surface area contributed by atoms with E-state index in [1.165, 1.54) is 45.0 Å². The number of alkyl halides is 4. The Balaban J connectivity index is 1.98. The van der Waals surface area contributed by atoms with Crippen LogP contribution in [0.15, 0.2) is 65.6 Å². The first kappa shape index (κ1) is 24.4. The fourth-order valence-electron chi connectivity index (χ4n) is 3.88. The minimum absolute atomic E-state index is 0.0398. The van der Waals surface area contributed by atoms with Crippen LogP contribution in [0.2, 0.25) is 0 Å². The first-order chi connectivity index (χ1) is 14.9. The minimum atomic E-state index is -4.67. The molecule has 0 aliphatic carbocycles. The van der Waals surface area contributed by atoms with Crippen LogP contribution in [-0.4, -0.2) is 40.1 Å². The number of rotatable bonds is 7. The molecule has 0 spiro atoms. The second kappa shape index (κ2) is 8.94. The van der Waals surface area contributed by atoms with E-state index in [1.807, 2.05) is 0 Å². The predicted molar refractivity (Wildman–Crippen MR) is 114 cm³/mol. The van der Waals surface area contributed by atoms with Crippen LogP contribution in [0.5, 0.6) is 0 Å². The van der Waals surface area contributed by atoms with Gasteiger partial charge < -0.3 is 9.84 Å². The van der Waals surface area contributed by atoms with E-state index in [2.05, 4.69) is 0 Å². The van der Waals surface area contributed by atoms with Gasteiger partial charge in [0, 0.05) is 4.90 Å². The Bertz CT molecular complexity index is 922. The summed E-state index contributed by atoms with van der Waals surface area (Å²) in [7, 11) is 0. The van der Waals surface area contributed by atoms with Gasteiger partial charge in [0.25, 0.3) is 0 Å². The van der Waals surface area contributed by atoms with E-state index < -0.39 is 40.9 Å². The zero-order valence-corrected chi connectivity index (χ0v) is 18.7. The molecule has 1 fully saturated rings. The number of aliphatic hydroxyl groups excluding tert-OH is 1. The van der Waals surface area contributed by atoms with Gasteiger partial charge in [-0.2, -0.15) is 17.6 Å². The largest absolute Gasteiger partial charge is 0.447 e. The van der Waals surface area contributed by atoms with Crippen LogP contribution in [0.1, 0.15) is 32.4 Å². The molecule has 174 valence electrons. The van der Waals surface area contributed by atoms with E-state index in [4.69, 9.17) is 4.74 Å². The lowest BCUT2D eigenvalue weighted by Gasteiger charge is -2.45. The molecule has 0 bridgehead atoms. The van der Waals surface area contributed by atoms with Crippen LogP contribution >= 0.6 is 11.8 Å². The molecule has 2 aromatic rings. The van der Waals surface area contributed by atoms with Crippen LogP contribution in [0.25, 0.3) is 0 Å². The molecule has 3 rings (SSSR count). The zero-order chi connectivity index (χ0) is 23.7. The molecule has 1 saturated heterocycles. The number of aliphatic hydroxyl groups is 1. The van der Waals surface area contributed by atoms with E-state index in [0.717, 1.165) is 4.90 Å². The van der Waals surface area contributed by atoms with Crippen molar-refractivity contribution in [3.63, 3.8) is 0 Å². The molecule has 0 saturated carbocycles. The van der Waals surface area contributed by atoms with Crippen molar-refractivity contribution in [3.05, 3.63) is 66.2 Å². The van der Waals surface area contributed by atoms with Crippen LogP contribution in [0.4, 0.5) is 22.4 Å². The summed E-state index contributed by atoms with van der Waals surface area (Å²) >= 11 is -0.274. The third kappa shape index (κ3) is 4.73. The maximum absolute atomic E-state index is 15.5. The second-order valence-electron chi connectivity index (χ2n) is 8.72. The number of halogens is 4. The Kier molecular flexibility index (Phi) is 6.81. The summed E-state index contributed by atoms with van der Waals surface area (Å²) in [4.78, 5) is 13.1. The van der Waals surface area contributed by atoms with E-state index >= 15 is 8.78 Å². The van der Waals surface area contributed by atoms with Gasteiger partial charge in [-0.3, -0.25) is 4.90 Å². The fourth-order valence-corrected chi connectivity index (χ4v) is 4.73. The minimum Gasteiger partial charge on any atom is -0.447 e. The average molecular weight is 472 g/mol. The number of hydrogen-bond donors (Lipinski definition) is 1. The second-order valence-corrected chi connectivity index (χ2v) is 9.91. The van der Waals surface area contributed by atoms with Crippen molar-refractivity contribution < 1.29 is 32.2 Å². The summed E-state index contributed by atoms with van der Waals surface area (Å²) < 4.78 is 66.0. The van der Waals surface area contributed by atoms with Crippen molar-refractivity contribution in [2.24, 2.45) is 11.3 Å². The topological polar surface area (TPSA) is 49.8 Å². The summed E-state index contributed by atoms with van der Waals surface area (Å²) in [6, 6.07) is 14.7. The molecule has 2 aromatic carbocycles. The highest BCUT2D eigenvalue weighted by atomic mass is 32.2. The van der Waals surface area contributed by atoms with Crippen LogP contribution < -0.4 is 0 Å². The quantitative estimate of drug-likeness (QED) is 0.387. The maximum atomic E-state index is 15.5. The molecule has 3 atom stereocenters. The number of cyclic esters (lactones) is 1. The van der Waals surface area contributed by atoms with Gasteiger partial charge in [0.15, 0.2) is 0 Å². The molecular weight excluding hydrogens is 446 g/mol. The number of thioether (sulfide) groups is 1. The van der Waals surface area contributed by atoms with Crippen molar-refractivity contribution in [1.82, 2.24) is 4.90 Å². The van der Waals surface area contributed by atoms with E-state index in [0.29, 0.717) is 5.56 Å². The van der Waals surface area contributed by atoms with Gasteiger partial charge in [-0.1, -0.05) is 69.3 Å². The highest BCUT2D eigenvalue weighted by Gasteiger charge is 2.67. The van der Waals surface area contributed by atoms with Gasteiger partial charge in [-0.05, 0) is 34.9 Å². The number of ether oxygens (including phenoxy) is 1. The molecule has 2 unspecified atom stereocenters. The Labute approximate surface area is 188 Å². The highest BCUT2D eigenvalue weighted by Crippen LogP contribution is 2.56. The number of benzene rings is 2. The summed E-state index contributed by atoms with van der Waals surface area (Å²) in [5, 5.41) is 6.46. The molecule has 32 heavy (non-hydrogen) atoms. The third-order valence-electron chi connectivity index (χ3n) is 5.38. The monoisotopic (exact) mass is 471 g/mol. The molecule has 1 aliphatic rings. The molecule has 0 radical (unpaired) electrons. The van der Waals surface area contributed by atoms with Crippen molar-refractivity contribution in [3.8, 4) is 0 Å². The van der Waals surface area contributed by atoms with E-state index in [9.17, 15) is 18.7 Å². The maximum Gasteiger partial charge on any atom is 0.412 e. The smallest absolute Gasteiger partial charge is 0.412 e. The number of carbonyl (C=O) groups is 1. The van der Waals surface area contributed by atoms with E-state index in [1.54, 1.807) is 36.4 Å². The zero-order valence-electron chi connectivity index (χ0n) is 17.8. The van der Waals surface area contributed by atoms with E-state index in [-0.39, 0.29) is 23.3 Å². The first-order valence-electron chi connectivity index (χ1n) is 10.0. The lowest BCUT2D eigenvalue weighted by molar-refractivity contribution is -0.245. The molecule has 1 aliphatic heterocycles. The summed E-state index contributed by atoms with van der Waals surface area (Å²) in [6.45, 7) is 3.81. The van der Waals surface area contributed by atoms with Gasteiger partial charge in [0.05, 0.1) is 12.0 Å². The van der Waals surface area contributed by atoms with Gasteiger partial charge >= 0.3 is 17.3 Å². The lowest BCUT2D eigenvalue weighted by atomic mass is 9.74. The van der Waals surface area contributed by atoms with Gasteiger partial charge in [-0.25, -0.2) is 4.79 Å². The van der Waals surface area contributed by atoms with Gasteiger partial charge in [0.2, 0.25) is 0 Å². The Morgan fingerprint density at radius 1 is 1.00 bits per heavy atom. The third-order valence-corrected chi connectivity index (χ3v) is 6.42. The Morgan fingerprint density at radius 2 is 1.53 bits per heavy atom. The molecule has 1 heterocycles. The lowest BCUT2D eigenvalue weighted by Crippen LogP contribution is -2.58. The van der Waals surface area contributed by atoms with Gasteiger partial charge in [-0.15, -0.1) is 0 Å². The number of carbonyl (C=O) groups excluding carboxylic acids is 1. The van der Waals surface area contributed by atoms with Crippen LogP contribution in [-0.2, 0) is 4.74 Å². The predicted octanol–water partition coefficient (Wildman–Crippen LogP) is 6.18. The van der Waals surface area contributed by atoms with Crippen molar-refractivity contribution >= 4 is 17.9 Å². The van der Waals surface area contributed by atoms with Crippen molar-refractivity contribution in [2.45, 2.75) is 49.1 Å². The summed E-state index contributed by atoms with van der Waals surface area (Å²) in [5.41, 5.74) is -0.952. The molecule has 4 nitrogen and oxygen atoms in total. The van der Waals surface area contributed by atoms with Gasteiger partial charge in [0.1, 0.15) is 12.8 Å². The fraction of sp³-hybridized carbons (Fsp3) is 0.435. The Hall–Kier alpha value is -2.26. The van der Waals surface area contributed by atoms with Crippen molar-refractivity contribution in [1.29, 1.82) is 0 Å². The number of amides is 1. The van der Waals surface area contributed by atoms with Crippen LogP contribution in [0.3, 0.4) is 0 Å². The SMILES string of the molecule is CC(C)(C)C(C(O)N1C(=O)OC[C@H]1c1ccccc1)C(F)(F)C(F)(F)Sc1ccccc1. The molecular formula is C23H25F4NO3S. The number of nitrogens with zero attached hydrogens (tertiary/aromatic N) is 1. The molecule has 0 aromatic heterocycles. The standard InChI is InChI=1S/C23H25F4NO3S/c1-21(2,3)18(22(24,25)23(26,27)32-16-12-8-5-9-13-16)19(29)28-17(14-31-20(28)30)15-10-6-4-7-11-15/h4-13,17-19,29H,14H2,1-3H3/t17-,18?,19?/m0/s1.